The molecule has 0 aromatic heterocycles. The highest BCUT2D eigenvalue weighted by atomic mass is 16.5. The minimum atomic E-state index is -0.870. The van der Waals surface area contributed by atoms with Gasteiger partial charge in [0.15, 0.2) is 0 Å². The number of amides is 1. The van der Waals surface area contributed by atoms with Gasteiger partial charge in [0.05, 0.1) is 30.4 Å². The van der Waals surface area contributed by atoms with Crippen LogP contribution < -0.4 is 9.64 Å². The standard InChI is InChI=1S/C34H37NO6/c1-20(2)18-40-28-15-12-26(17-23(28)6)31(36)29-30(25-9-7-8-22(5)16-25)35(33(38)32(29)37)27-13-10-24(11-14-27)34(39)41-19-21(3)4/h7-17,20-21,30,36H,18-19H2,1-6H3/b31-29-. The average molecular weight is 556 g/mol. The van der Waals surface area contributed by atoms with Crippen LogP contribution >= 0.6 is 0 Å². The van der Waals surface area contributed by atoms with Gasteiger partial charge in [-0.3, -0.25) is 14.5 Å². The smallest absolute Gasteiger partial charge is 0.338 e. The van der Waals surface area contributed by atoms with Crippen molar-refractivity contribution in [2.45, 2.75) is 47.6 Å². The van der Waals surface area contributed by atoms with E-state index < -0.39 is 23.7 Å². The second kappa shape index (κ2) is 12.4. The van der Waals surface area contributed by atoms with E-state index in [9.17, 15) is 19.5 Å². The van der Waals surface area contributed by atoms with E-state index in [-0.39, 0.29) is 17.3 Å². The molecule has 1 saturated heterocycles. The molecule has 1 N–H and O–H groups in total. The van der Waals surface area contributed by atoms with Crippen molar-refractivity contribution in [3.8, 4) is 5.75 Å². The molecule has 0 radical (unpaired) electrons. The van der Waals surface area contributed by atoms with Crippen LogP contribution in [0.25, 0.3) is 5.76 Å². The van der Waals surface area contributed by atoms with Crippen molar-refractivity contribution in [3.05, 3.63) is 100 Å². The molecule has 1 atom stereocenters. The van der Waals surface area contributed by atoms with Crippen molar-refractivity contribution in [1.29, 1.82) is 0 Å². The van der Waals surface area contributed by atoms with Crippen molar-refractivity contribution in [3.63, 3.8) is 0 Å². The topological polar surface area (TPSA) is 93.1 Å². The van der Waals surface area contributed by atoms with Gasteiger partial charge < -0.3 is 14.6 Å². The van der Waals surface area contributed by atoms with Gasteiger partial charge >= 0.3 is 5.97 Å². The Bertz CT molecular complexity index is 1490. The number of hydrogen-bond acceptors (Lipinski definition) is 6. The minimum absolute atomic E-state index is 0.00346. The molecule has 1 heterocycles. The van der Waals surface area contributed by atoms with Crippen molar-refractivity contribution in [1.82, 2.24) is 0 Å². The number of carbonyl (C=O) groups is 3. The van der Waals surface area contributed by atoms with Gasteiger partial charge in [-0.1, -0.05) is 57.5 Å². The summed E-state index contributed by atoms with van der Waals surface area (Å²) >= 11 is 0. The number of benzene rings is 3. The number of aryl methyl sites for hydroxylation is 2. The van der Waals surface area contributed by atoms with Gasteiger partial charge in [-0.25, -0.2) is 4.79 Å². The summed E-state index contributed by atoms with van der Waals surface area (Å²) in [6.45, 7) is 12.7. The Morgan fingerprint density at radius 2 is 1.54 bits per heavy atom. The van der Waals surface area contributed by atoms with Gasteiger partial charge in [-0.15, -0.1) is 0 Å². The predicted octanol–water partition coefficient (Wildman–Crippen LogP) is 6.78. The summed E-state index contributed by atoms with van der Waals surface area (Å²) in [7, 11) is 0. The fourth-order valence-corrected chi connectivity index (χ4v) is 4.71. The maximum absolute atomic E-state index is 13.5. The molecule has 0 bridgehead atoms. The summed E-state index contributed by atoms with van der Waals surface area (Å²) in [6, 6.07) is 18.2. The van der Waals surface area contributed by atoms with E-state index in [0.717, 1.165) is 11.1 Å². The zero-order chi connectivity index (χ0) is 29.8. The molecule has 214 valence electrons. The monoisotopic (exact) mass is 555 g/mol. The molecule has 4 rings (SSSR count). The minimum Gasteiger partial charge on any atom is -0.507 e. The molecule has 3 aromatic rings. The van der Waals surface area contributed by atoms with Gasteiger partial charge in [0.1, 0.15) is 11.5 Å². The highest BCUT2D eigenvalue weighted by Crippen LogP contribution is 2.42. The zero-order valence-corrected chi connectivity index (χ0v) is 24.4. The van der Waals surface area contributed by atoms with Gasteiger partial charge in [0, 0.05) is 11.3 Å². The van der Waals surface area contributed by atoms with Crippen molar-refractivity contribution >= 4 is 29.1 Å². The van der Waals surface area contributed by atoms with Gasteiger partial charge in [0.25, 0.3) is 11.7 Å². The molecule has 41 heavy (non-hydrogen) atoms. The summed E-state index contributed by atoms with van der Waals surface area (Å²) in [4.78, 5) is 40.8. The molecule has 1 fully saturated rings. The number of carbonyl (C=O) groups excluding carboxylic acids is 3. The number of hydrogen-bond donors (Lipinski definition) is 1. The van der Waals surface area contributed by atoms with E-state index in [1.54, 1.807) is 42.5 Å². The van der Waals surface area contributed by atoms with E-state index in [2.05, 4.69) is 13.8 Å². The highest BCUT2D eigenvalue weighted by Gasteiger charge is 2.47. The van der Waals surface area contributed by atoms with Crippen molar-refractivity contribution in [2.24, 2.45) is 11.8 Å². The van der Waals surface area contributed by atoms with Crippen LogP contribution in [0.15, 0.2) is 72.3 Å². The van der Waals surface area contributed by atoms with Crippen LogP contribution in [0, 0.1) is 25.7 Å². The zero-order valence-electron chi connectivity index (χ0n) is 24.4. The summed E-state index contributed by atoms with van der Waals surface area (Å²) in [5.41, 5.74) is 3.60. The lowest BCUT2D eigenvalue weighted by Crippen LogP contribution is -2.29. The number of aliphatic hydroxyl groups is 1. The van der Waals surface area contributed by atoms with E-state index in [1.807, 2.05) is 52.0 Å². The average Bonchev–Trinajstić information content (AvgIpc) is 3.20. The molecule has 1 unspecified atom stereocenters. The molecule has 1 amide bonds. The third-order valence-electron chi connectivity index (χ3n) is 6.75. The Morgan fingerprint density at radius 3 is 2.15 bits per heavy atom. The Balaban J connectivity index is 1.77. The first-order chi connectivity index (χ1) is 19.5. The van der Waals surface area contributed by atoms with E-state index in [0.29, 0.717) is 47.3 Å². The molecule has 0 spiro atoms. The molecular formula is C34H37NO6. The molecule has 1 aliphatic rings. The Morgan fingerprint density at radius 1 is 0.878 bits per heavy atom. The summed E-state index contributed by atoms with van der Waals surface area (Å²) in [6.07, 6.45) is 0. The van der Waals surface area contributed by atoms with E-state index in [4.69, 9.17) is 9.47 Å². The molecule has 1 aliphatic heterocycles. The Kier molecular flexibility index (Phi) is 8.96. The number of ether oxygens (including phenoxy) is 2. The summed E-state index contributed by atoms with van der Waals surface area (Å²) in [5.74, 6) is -1.02. The van der Waals surface area contributed by atoms with Crippen LogP contribution in [0.1, 0.15) is 66.3 Å². The predicted molar refractivity (Wildman–Crippen MR) is 159 cm³/mol. The maximum atomic E-state index is 13.5. The maximum Gasteiger partial charge on any atom is 0.338 e. The number of anilines is 1. The van der Waals surface area contributed by atoms with E-state index >= 15 is 0 Å². The molecule has 0 saturated carbocycles. The first-order valence-corrected chi connectivity index (χ1v) is 13.9. The van der Waals surface area contributed by atoms with Gasteiger partial charge in [-0.2, -0.15) is 0 Å². The molecule has 0 aliphatic carbocycles. The lowest BCUT2D eigenvalue weighted by Gasteiger charge is -2.26. The van der Waals surface area contributed by atoms with Gasteiger partial charge in [0.2, 0.25) is 0 Å². The highest BCUT2D eigenvalue weighted by molar-refractivity contribution is 6.51. The number of ketones is 1. The van der Waals surface area contributed by atoms with Crippen LogP contribution in [0.5, 0.6) is 5.75 Å². The lowest BCUT2D eigenvalue weighted by molar-refractivity contribution is -0.132. The van der Waals surface area contributed by atoms with Crippen LogP contribution in [0.2, 0.25) is 0 Å². The number of nitrogens with zero attached hydrogens (tertiary/aromatic N) is 1. The SMILES string of the molecule is Cc1cccc(C2/C(=C(/O)c3ccc(OCC(C)C)c(C)c3)C(=O)C(=O)N2c2ccc(C(=O)OCC(C)C)cc2)c1. The molecular weight excluding hydrogens is 518 g/mol. The van der Waals surface area contributed by atoms with Crippen molar-refractivity contribution in [2.75, 3.05) is 18.1 Å². The third kappa shape index (κ3) is 6.51. The van der Waals surface area contributed by atoms with Crippen LogP contribution in [-0.2, 0) is 14.3 Å². The largest absolute Gasteiger partial charge is 0.507 e. The van der Waals surface area contributed by atoms with Gasteiger partial charge in [-0.05, 0) is 79.3 Å². The first-order valence-electron chi connectivity index (χ1n) is 13.9. The number of rotatable bonds is 9. The second-order valence-corrected chi connectivity index (χ2v) is 11.3. The summed E-state index contributed by atoms with van der Waals surface area (Å²) in [5, 5.41) is 11.5. The fraction of sp³-hybridized carbons (Fsp3) is 0.324. The quantitative estimate of drug-likeness (QED) is 0.135. The molecule has 7 nitrogen and oxygen atoms in total. The normalized spacial score (nSPS) is 16.5. The first kappa shape index (κ1) is 29.6. The van der Waals surface area contributed by atoms with E-state index in [1.165, 1.54) is 4.90 Å². The number of esters is 1. The second-order valence-electron chi connectivity index (χ2n) is 11.3. The Labute approximate surface area is 241 Å². The lowest BCUT2D eigenvalue weighted by atomic mass is 9.93. The third-order valence-corrected chi connectivity index (χ3v) is 6.75. The molecule has 3 aromatic carbocycles. The van der Waals surface area contributed by atoms with Crippen LogP contribution in [0.3, 0.4) is 0 Å². The molecule has 7 heteroatoms. The van der Waals surface area contributed by atoms with Crippen molar-refractivity contribution < 1.29 is 29.0 Å². The fourth-order valence-electron chi connectivity index (χ4n) is 4.71. The van der Waals surface area contributed by atoms with Crippen LogP contribution in [-0.4, -0.2) is 36.0 Å². The Hall–Kier alpha value is -4.39. The summed E-state index contributed by atoms with van der Waals surface area (Å²) < 4.78 is 11.2. The number of Topliss-reactive ketones (excluding diaryl/α,β-unsaturated/α-hetero) is 1. The van der Waals surface area contributed by atoms with Crippen LogP contribution in [0.4, 0.5) is 5.69 Å². The number of aliphatic hydroxyl groups excluding tert-OH is 1.